The maximum Gasteiger partial charge on any atom is 0.326 e. The Morgan fingerprint density at radius 3 is 2.57 bits per heavy atom. The third-order valence-electron chi connectivity index (χ3n) is 3.58. The Hall–Kier alpha value is -1.88. The number of carbonyl (C=O) groups excluding carboxylic acids is 1. The van der Waals surface area contributed by atoms with Gasteiger partial charge < -0.3 is 14.7 Å². The molecular formula is C16H21NO4. The molecule has 0 unspecified atom stereocenters. The van der Waals surface area contributed by atoms with Crippen molar-refractivity contribution in [2.45, 2.75) is 45.4 Å². The summed E-state index contributed by atoms with van der Waals surface area (Å²) in [6.07, 6.45) is 1.43. The van der Waals surface area contributed by atoms with E-state index in [1.54, 1.807) is 12.1 Å². The number of nitrogens with zero attached hydrogens (tertiary/aromatic N) is 1. The van der Waals surface area contributed by atoms with Crippen LogP contribution in [0.2, 0.25) is 0 Å². The largest absolute Gasteiger partial charge is 0.480 e. The van der Waals surface area contributed by atoms with E-state index in [0.29, 0.717) is 25.1 Å². The van der Waals surface area contributed by atoms with Gasteiger partial charge in [0.15, 0.2) is 0 Å². The average Bonchev–Trinajstić information content (AvgIpc) is 2.94. The molecule has 0 aromatic heterocycles. The van der Waals surface area contributed by atoms with Crippen molar-refractivity contribution in [3.05, 3.63) is 35.4 Å². The topological polar surface area (TPSA) is 66.8 Å². The molecule has 0 radical (unpaired) electrons. The van der Waals surface area contributed by atoms with E-state index in [2.05, 4.69) is 0 Å². The Labute approximate surface area is 124 Å². The van der Waals surface area contributed by atoms with Gasteiger partial charge in [0.05, 0.1) is 12.7 Å². The Morgan fingerprint density at radius 2 is 2.00 bits per heavy atom. The van der Waals surface area contributed by atoms with Gasteiger partial charge in [-0.15, -0.1) is 0 Å². The third-order valence-corrected chi connectivity index (χ3v) is 3.58. The molecule has 1 fully saturated rings. The first kappa shape index (κ1) is 15.5. The van der Waals surface area contributed by atoms with Gasteiger partial charge in [-0.25, -0.2) is 4.79 Å². The number of benzene rings is 1. The summed E-state index contributed by atoms with van der Waals surface area (Å²) in [5, 5.41) is 9.14. The van der Waals surface area contributed by atoms with E-state index in [4.69, 9.17) is 9.84 Å². The van der Waals surface area contributed by atoms with Crippen molar-refractivity contribution < 1.29 is 19.4 Å². The highest BCUT2D eigenvalue weighted by atomic mass is 16.5. The molecule has 114 valence electrons. The molecule has 1 aromatic rings. The normalized spacial score (nSPS) is 18.2. The van der Waals surface area contributed by atoms with Gasteiger partial charge in [0, 0.05) is 12.1 Å². The molecule has 1 aliphatic heterocycles. The summed E-state index contributed by atoms with van der Waals surface area (Å²) >= 11 is 0. The van der Waals surface area contributed by atoms with Crippen molar-refractivity contribution in [1.82, 2.24) is 4.90 Å². The molecule has 1 aliphatic rings. The second-order valence-corrected chi connectivity index (χ2v) is 5.55. The van der Waals surface area contributed by atoms with Gasteiger partial charge in [-0.1, -0.05) is 12.1 Å². The molecule has 0 aliphatic carbocycles. The first-order valence-corrected chi connectivity index (χ1v) is 7.23. The van der Waals surface area contributed by atoms with Crippen molar-refractivity contribution in [3.8, 4) is 0 Å². The highest BCUT2D eigenvalue weighted by molar-refractivity contribution is 5.97. The number of rotatable bonds is 5. The molecule has 1 atom stereocenters. The summed E-state index contributed by atoms with van der Waals surface area (Å²) in [6.45, 7) is 4.95. The highest BCUT2D eigenvalue weighted by Crippen LogP contribution is 2.20. The molecule has 0 spiro atoms. The highest BCUT2D eigenvalue weighted by Gasteiger charge is 2.34. The zero-order valence-electron chi connectivity index (χ0n) is 12.4. The van der Waals surface area contributed by atoms with E-state index in [1.807, 2.05) is 26.0 Å². The molecule has 1 heterocycles. The van der Waals surface area contributed by atoms with E-state index >= 15 is 0 Å². The number of carboxylic acids is 1. The lowest BCUT2D eigenvalue weighted by Crippen LogP contribution is -2.40. The van der Waals surface area contributed by atoms with Crippen LogP contribution in [0.3, 0.4) is 0 Å². The number of ether oxygens (including phenoxy) is 1. The van der Waals surface area contributed by atoms with Gasteiger partial charge in [-0.2, -0.15) is 0 Å². The monoisotopic (exact) mass is 291 g/mol. The number of aliphatic carboxylic acids is 1. The lowest BCUT2D eigenvalue weighted by Gasteiger charge is -2.21. The summed E-state index contributed by atoms with van der Waals surface area (Å²) in [4.78, 5) is 25.0. The van der Waals surface area contributed by atoms with Gasteiger partial charge in [0.2, 0.25) is 0 Å². The van der Waals surface area contributed by atoms with Gasteiger partial charge in [-0.05, 0) is 44.4 Å². The molecule has 0 bridgehead atoms. The van der Waals surface area contributed by atoms with Crippen molar-refractivity contribution in [2.24, 2.45) is 0 Å². The van der Waals surface area contributed by atoms with E-state index in [1.165, 1.54) is 4.90 Å². The molecule has 1 amide bonds. The summed E-state index contributed by atoms with van der Waals surface area (Å²) in [5.41, 5.74) is 1.52. The minimum Gasteiger partial charge on any atom is -0.480 e. The average molecular weight is 291 g/mol. The standard InChI is InChI=1S/C16H21NO4/c1-11(2)21-10-12-5-7-13(8-6-12)15(18)17-9-3-4-14(17)16(19)20/h5-8,11,14H,3-4,9-10H2,1-2H3,(H,19,20)/t14-/m0/s1. The van der Waals surface area contributed by atoms with Crippen LogP contribution in [-0.2, 0) is 16.1 Å². The zero-order chi connectivity index (χ0) is 15.4. The Bertz CT molecular complexity index is 510. The van der Waals surface area contributed by atoms with Crippen LogP contribution in [0.4, 0.5) is 0 Å². The molecule has 5 nitrogen and oxygen atoms in total. The van der Waals surface area contributed by atoms with Crippen LogP contribution in [0.15, 0.2) is 24.3 Å². The van der Waals surface area contributed by atoms with E-state index in [0.717, 1.165) is 12.0 Å². The number of hydrogen-bond donors (Lipinski definition) is 1. The number of likely N-dealkylation sites (tertiary alicyclic amines) is 1. The molecule has 21 heavy (non-hydrogen) atoms. The Morgan fingerprint density at radius 1 is 1.33 bits per heavy atom. The first-order valence-electron chi connectivity index (χ1n) is 7.23. The maximum atomic E-state index is 12.4. The molecule has 0 saturated carbocycles. The molecule has 2 rings (SSSR count). The summed E-state index contributed by atoms with van der Waals surface area (Å²) in [7, 11) is 0. The molecule has 1 N–H and O–H groups in total. The first-order chi connectivity index (χ1) is 9.99. The van der Waals surface area contributed by atoms with Crippen LogP contribution in [0.5, 0.6) is 0 Å². The second kappa shape index (κ2) is 6.72. The van der Waals surface area contributed by atoms with E-state index < -0.39 is 12.0 Å². The summed E-state index contributed by atoms with van der Waals surface area (Å²) in [6, 6.07) is 6.47. The quantitative estimate of drug-likeness (QED) is 0.904. The Balaban J connectivity index is 2.04. The van der Waals surface area contributed by atoms with Gasteiger partial charge in [0.25, 0.3) is 5.91 Å². The zero-order valence-corrected chi connectivity index (χ0v) is 12.4. The van der Waals surface area contributed by atoms with Crippen molar-refractivity contribution >= 4 is 11.9 Å². The van der Waals surface area contributed by atoms with Crippen molar-refractivity contribution in [2.75, 3.05) is 6.54 Å². The van der Waals surface area contributed by atoms with Crippen LogP contribution in [0.25, 0.3) is 0 Å². The summed E-state index contributed by atoms with van der Waals surface area (Å²) in [5.74, 6) is -1.14. The van der Waals surface area contributed by atoms with E-state index in [9.17, 15) is 9.59 Å². The number of carboxylic acid groups (broad SMARTS) is 1. The van der Waals surface area contributed by atoms with Crippen LogP contribution >= 0.6 is 0 Å². The van der Waals surface area contributed by atoms with Gasteiger partial charge in [0.1, 0.15) is 6.04 Å². The molecule has 1 saturated heterocycles. The maximum absolute atomic E-state index is 12.4. The smallest absolute Gasteiger partial charge is 0.326 e. The third kappa shape index (κ3) is 3.82. The predicted octanol–water partition coefficient (Wildman–Crippen LogP) is 2.30. The van der Waals surface area contributed by atoms with Crippen LogP contribution in [0, 0.1) is 0 Å². The minimum atomic E-state index is -0.928. The fourth-order valence-corrected chi connectivity index (χ4v) is 2.44. The Kier molecular flexibility index (Phi) is 4.96. The lowest BCUT2D eigenvalue weighted by molar-refractivity contribution is -0.141. The van der Waals surface area contributed by atoms with Gasteiger partial charge >= 0.3 is 5.97 Å². The SMILES string of the molecule is CC(C)OCc1ccc(C(=O)N2CCC[C@H]2C(=O)O)cc1. The molecule has 1 aromatic carbocycles. The fraction of sp³-hybridized carbons (Fsp3) is 0.500. The molecule has 5 heteroatoms. The van der Waals surface area contributed by atoms with Crippen molar-refractivity contribution in [3.63, 3.8) is 0 Å². The number of carbonyl (C=O) groups is 2. The summed E-state index contributed by atoms with van der Waals surface area (Å²) < 4.78 is 5.50. The lowest BCUT2D eigenvalue weighted by atomic mass is 10.1. The fourth-order valence-electron chi connectivity index (χ4n) is 2.44. The number of amides is 1. The van der Waals surface area contributed by atoms with Crippen LogP contribution in [0.1, 0.15) is 42.6 Å². The van der Waals surface area contributed by atoms with Crippen LogP contribution < -0.4 is 0 Å². The van der Waals surface area contributed by atoms with E-state index in [-0.39, 0.29) is 12.0 Å². The predicted molar refractivity (Wildman–Crippen MR) is 78.1 cm³/mol. The van der Waals surface area contributed by atoms with Crippen LogP contribution in [-0.4, -0.2) is 40.6 Å². The van der Waals surface area contributed by atoms with Crippen molar-refractivity contribution in [1.29, 1.82) is 0 Å². The number of hydrogen-bond acceptors (Lipinski definition) is 3. The van der Waals surface area contributed by atoms with Gasteiger partial charge in [-0.3, -0.25) is 4.79 Å². The minimum absolute atomic E-state index is 0.159. The molecular weight excluding hydrogens is 270 g/mol. The second-order valence-electron chi connectivity index (χ2n) is 5.55.